The van der Waals surface area contributed by atoms with Crippen LogP contribution in [0.3, 0.4) is 0 Å². The lowest BCUT2D eigenvalue weighted by Crippen LogP contribution is -1.89. The van der Waals surface area contributed by atoms with Crippen LogP contribution < -0.4 is 5.73 Å². The van der Waals surface area contributed by atoms with E-state index in [1.807, 2.05) is 22.7 Å². The van der Waals surface area contributed by atoms with Gasteiger partial charge in [0.05, 0.1) is 6.20 Å². The molecule has 0 bridgehead atoms. The molecule has 2 N–H and O–H groups in total. The molecule has 0 atom stereocenters. The Hall–Kier alpha value is -0.450. The van der Waals surface area contributed by atoms with E-state index in [2.05, 4.69) is 20.9 Å². The third kappa shape index (κ3) is 2.27. The molecule has 6 heteroatoms. The summed E-state index contributed by atoms with van der Waals surface area (Å²) < 4.78 is 2.80. The summed E-state index contributed by atoms with van der Waals surface area (Å²) in [4.78, 5) is 4.12. The van der Waals surface area contributed by atoms with Gasteiger partial charge in [0.2, 0.25) is 0 Å². The highest BCUT2D eigenvalue weighted by Gasteiger charge is 1.97. The molecule has 2 aromatic rings. The highest BCUT2D eigenvalue weighted by atomic mass is 79.9. The number of anilines is 1. The van der Waals surface area contributed by atoms with Crippen LogP contribution in [0.4, 0.5) is 5.69 Å². The molecule has 2 aromatic heterocycles. The highest BCUT2D eigenvalue weighted by molar-refractivity contribution is 9.10. The zero-order chi connectivity index (χ0) is 7.84. The minimum atomic E-state index is 0. The zero-order valence-corrected chi connectivity index (χ0v) is 9.69. The van der Waals surface area contributed by atoms with E-state index in [1.54, 1.807) is 6.20 Å². The Morgan fingerprint density at radius 1 is 1.31 bits per heavy atom. The lowest BCUT2D eigenvalue weighted by atomic mass is 10.4. The number of hydrogen-bond acceptors (Lipinski definition) is 2. The van der Waals surface area contributed by atoms with Crippen LogP contribution in [-0.4, -0.2) is 9.38 Å². The van der Waals surface area contributed by atoms with Crippen molar-refractivity contribution in [3.63, 3.8) is 0 Å². The van der Waals surface area contributed by atoms with Crippen LogP contribution in [-0.2, 0) is 0 Å². The highest BCUT2D eigenvalue weighted by Crippen LogP contribution is 2.14. The lowest BCUT2D eigenvalue weighted by molar-refractivity contribution is 1.16. The van der Waals surface area contributed by atoms with Gasteiger partial charge in [0, 0.05) is 11.9 Å². The van der Waals surface area contributed by atoms with Crippen molar-refractivity contribution >= 4 is 52.1 Å². The van der Waals surface area contributed by atoms with Crippen molar-refractivity contribution in [2.75, 3.05) is 5.73 Å². The SMILES string of the molecule is Cl.Cl.Nc1ccc2ncc(Br)n2c1. The Morgan fingerprint density at radius 3 is 2.69 bits per heavy atom. The first kappa shape index (κ1) is 12.6. The van der Waals surface area contributed by atoms with Crippen LogP contribution in [0.15, 0.2) is 29.1 Å². The summed E-state index contributed by atoms with van der Waals surface area (Å²) in [6.45, 7) is 0. The predicted molar refractivity (Wildman–Crippen MR) is 61.8 cm³/mol. The standard InChI is InChI=1S/C7H6BrN3.2ClH/c8-6-3-10-7-2-1-5(9)4-11(6)7;;/h1-4H,9H2;2*1H. The number of halogens is 3. The molecule has 0 saturated carbocycles. The number of nitrogens with zero attached hydrogens (tertiary/aromatic N) is 2. The fourth-order valence-corrected chi connectivity index (χ4v) is 1.35. The molecule has 0 unspecified atom stereocenters. The number of fused-ring (bicyclic) bond motifs is 1. The van der Waals surface area contributed by atoms with E-state index in [1.165, 1.54) is 0 Å². The fraction of sp³-hybridized carbons (Fsp3) is 0. The molecule has 0 aliphatic carbocycles. The second-order valence-electron chi connectivity index (χ2n) is 2.27. The second-order valence-corrected chi connectivity index (χ2v) is 3.08. The Bertz CT molecular complexity index is 402. The van der Waals surface area contributed by atoms with Gasteiger partial charge < -0.3 is 5.73 Å². The molecular weight excluding hydrogens is 277 g/mol. The summed E-state index contributed by atoms with van der Waals surface area (Å²) in [5, 5.41) is 0. The van der Waals surface area contributed by atoms with Crippen molar-refractivity contribution < 1.29 is 0 Å². The molecule has 0 aromatic carbocycles. The molecule has 13 heavy (non-hydrogen) atoms. The largest absolute Gasteiger partial charge is 0.398 e. The summed E-state index contributed by atoms with van der Waals surface area (Å²) in [6.07, 6.45) is 3.57. The minimum Gasteiger partial charge on any atom is -0.398 e. The van der Waals surface area contributed by atoms with Gasteiger partial charge >= 0.3 is 0 Å². The minimum absolute atomic E-state index is 0. The monoisotopic (exact) mass is 283 g/mol. The van der Waals surface area contributed by atoms with Gasteiger partial charge in [-0.15, -0.1) is 24.8 Å². The third-order valence-electron chi connectivity index (χ3n) is 1.48. The van der Waals surface area contributed by atoms with E-state index in [0.717, 1.165) is 15.9 Å². The van der Waals surface area contributed by atoms with Crippen molar-refractivity contribution in [1.82, 2.24) is 9.38 Å². The van der Waals surface area contributed by atoms with Crippen molar-refractivity contribution in [3.05, 3.63) is 29.1 Å². The topological polar surface area (TPSA) is 43.3 Å². The molecule has 72 valence electrons. The summed E-state index contributed by atoms with van der Waals surface area (Å²) in [7, 11) is 0. The second kappa shape index (κ2) is 4.69. The molecule has 0 amide bonds. The van der Waals surface area contributed by atoms with Gasteiger partial charge in [-0.25, -0.2) is 4.98 Å². The normalized spacial score (nSPS) is 9.00. The van der Waals surface area contributed by atoms with Crippen LogP contribution in [0.2, 0.25) is 0 Å². The molecule has 3 nitrogen and oxygen atoms in total. The molecule has 0 spiro atoms. The molecule has 0 saturated heterocycles. The summed E-state index contributed by atoms with van der Waals surface area (Å²) in [6, 6.07) is 3.70. The van der Waals surface area contributed by atoms with Gasteiger partial charge in [-0.3, -0.25) is 4.40 Å². The average molecular weight is 285 g/mol. The maximum absolute atomic E-state index is 5.58. The predicted octanol–water partition coefficient (Wildman–Crippen LogP) is 2.52. The number of aromatic nitrogens is 2. The van der Waals surface area contributed by atoms with Crippen LogP contribution >= 0.6 is 40.7 Å². The van der Waals surface area contributed by atoms with Crippen molar-refractivity contribution in [2.45, 2.75) is 0 Å². The van der Waals surface area contributed by atoms with Crippen molar-refractivity contribution in [3.8, 4) is 0 Å². The van der Waals surface area contributed by atoms with E-state index in [-0.39, 0.29) is 24.8 Å². The maximum Gasteiger partial charge on any atom is 0.137 e. The number of pyridine rings is 1. The van der Waals surface area contributed by atoms with Gasteiger partial charge in [0.15, 0.2) is 0 Å². The number of rotatable bonds is 0. The van der Waals surface area contributed by atoms with Gasteiger partial charge in [0.25, 0.3) is 0 Å². The van der Waals surface area contributed by atoms with E-state index < -0.39 is 0 Å². The molecule has 0 aliphatic heterocycles. The Kier molecular flexibility index (Phi) is 4.53. The first-order valence-electron chi connectivity index (χ1n) is 3.15. The first-order valence-corrected chi connectivity index (χ1v) is 3.95. The molecule has 2 heterocycles. The smallest absolute Gasteiger partial charge is 0.137 e. The lowest BCUT2D eigenvalue weighted by Gasteiger charge is -1.95. The van der Waals surface area contributed by atoms with Gasteiger partial charge in [-0.2, -0.15) is 0 Å². The van der Waals surface area contributed by atoms with Crippen LogP contribution in [0, 0.1) is 0 Å². The molecule has 2 rings (SSSR count). The molecular formula is C7H8BrCl2N3. The van der Waals surface area contributed by atoms with Crippen LogP contribution in [0.5, 0.6) is 0 Å². The van der Waals surface area contributed by atoms with Crippen molar-refractivity contribution in [2.24, 2.45) is 0 Å². The number of hydrogen-bond donors (Lipinski definition) is 1. The Balaban J connectivity index is 0.000000720. The van der Waals surface area contributed by atoms with Gasteiger partial charge in [-0.1, -0.05) is 0 Å². The quantitative estimate of drug-likeness (QED) is 0.808. The van der Waals surface area contributed by atoms with E-state index in [9.17, 15) is 0 Å². The summed E-state index contributed by atoms with van der Waals surface area (Å²) in [5.74, 6) is 0. The molecule has 0 fully saturated rings. The van der Waals surface area contributed by atoms with Crippen LogP contribution in [0.1, 0.15) is 0 Å². The third-order valence-corrected chi connectivity index (χ3v) is 2.07. The Labute approximate surface area is 96.3 Å². The van der Waals surface area contributed by atoms with Gasteiger partial charge in [-0.05, 0) is 28.1 Å². The van der Waals surface area contributed by atoms with E-state index in [4.69, 9.17) is 5.73 Å². The average Bonchev–Trinajstić information content (AvgIpc) is 2.33. The maximum atomic E-state index is 5.58. The number of nitrogens with two attached hydrogens (primary N) is 1. The van der Waals surface area contributed by atoms with Crippen LogP contribution in [0.25, 0.3) is 5.65 Å². The van der Waals surface area contributed by atoms with E-state index >= 15 is 0 Å². The summed E-state index contributed by atoms with van der Waals surface area (Å²) >= 11 is 3.35. The summed E-state index contributed by atoms with van der Waals surface area (Å²) in [5.41, 5.74) is 7.21. The molecule has 0 aliphatic rings. The fourth-order valence-electron chi connectivity index (χ4n) is 0.967. The van der Waals surface area contributed by atoms with Gasteiger partial charge in [0.1, 0.15) is 10.3 Å². The Morgan fingerprint density at radius 2 is 2.00 bits per heavy atom. The number of imidazole rings is 1. The zero-order valence-electron chi connectivity index (χ0n) is 6.48. The number of nitrogen functional groups attached to an aromatic ring is 1. The molecule has 0 radical (unpaired) electrons. The first-order chi connectivity index (χ1) is 5.27. The van der Waals surface area contributed by atoms with Crippen molar-refractivity contribution in [1.29, 1.82) is 0 Å². The van der Waals surface area contributed by atoms with E-state index in [0.29, 0.717) is 0 Å².